The van der Waals surface area contributed by atoms with Crippen molar-refractivity contribution in [1.29, 1.82) is 0 Å². The number of nitrogens with one attached hydrogen (secondary N) is 1. The summed E-state index contributed by atoms with van der Waals surface area (Å²) >= 11 is 0. The largest absolute Gasteiger partial charge is 0.494 e. The van der Waals surface area contributed by atoms with E-state index in [1.165, 1.54) is 19.4 Å². The van der Waals surface area contributed by atoms with Crippen LogP contribution in [0.1, 0.15) is 24.8 Å². The van der Waals surface area contributed by atoms with E-state index < -0.39 is 10.0 Å². The number of piperidine rings is 1. The smallest absolute Gasteiger partial charge is 0.208 e. The molecule has 2 rings (SSSR count). The zero-order valence-corrected chi connectivity index (χ0v) is 14.5. The molecule has 0 saturated carbocycles. The monoisotopic (exact) mass is 344 g/mol. The standard InChI is InChI=1S/C16H25FN2O3S/c1-22-16-8-7-13(11-15(16)17)5-3-9-19-10-4-6-14(12-19)18-23(2,20)21/h7-8,11,14,18H,3-6,9-10,12H2,1-2H3. The molecule has 1 heterocycles. The molecule has 5 nitrogen and oxygen atoms in total. The second kappa shape index (κ2) is 8.08. The van der Waals surface area contributed by atoms with E-state index in [0.29, 0.717) is 0 Å². The Morgan fingerprint density at radius 3 is 2.87 bits per heavy atom. The predicted octanol–water partition coefficient (Wildman–Crippen LogP) is 1.78. The lowest BCUT2D eigenvalue weighted by Gasteiger charge is -2.32. The first-order chi connectivity index (χ1) is 10.9. The van der Waals surface area contributed by atoms with Crippen molar-refractivity contribution in [2.75, 3.05) is 33.0 Å². The minimum absolute atomic E-state index is 0.00261. The van der Waals surface area contributed by atoms with Crippen molar-refractivity contribution in [1.82, 2.24) is 9.62 Å². The Bertz CT molecular complexity index is 622. The van der Waals surface area contributed by atoms with E-state index in [1.54, 1.807) is 6.07 Å². The highest BCUT2D eigenvalue weighted by Crippen LogP contribution is 2.19. The van der Waals surface area contributed by atoms with E-state index in [-0.39, 0.29) is 17.6 Å². The minimum Gasteiger partial charge on any atom is -0.494 e. The number of hydrogen-bond donors (Lipinski definition) is 1. The lowest BCUT2D eigenvalue weighted by molar-refractivity contribution is 0.200. The molecule has 0 bridgehead atoms. The molecule has 0 aromatic heterocycles. The average Bonchev–Trinajstić information content (AvgIpc) is 2.46. The number of likely N-dealkylation sites (tertiary alicyclic amines) is 1. The van der Waals surface area contributed by atoms with Crippen molar-refractivity contribution in [2.45, 2.75) is 31.7 Å². The summed E-state index contributed by atoms with van der Waals surface area (Å²) in [4.78, 5) is 2.27. The van der Waals surface area contributed by atoms with E-state index >= 15 is 0 Å². The van der Waals surface area contributed by atoms with E-state index in [4.69, 9.17) is 4.74 Å². The van der Waals surface area contributed by atoms with Crippen molar-refractivity contribution in [2.24, 2.45) is 0 Å². The Hall–Kier alpha value is -1.18. The summed E-state index contributed by atoms with van der Waals surface area (Å²) < 4.78 is 43.9. The van der Waals surface area contributed by atoms with Gasteiger partial charge in [-0.2, -0.15) is 0 Å². The molecule has 1 aliphatic heterocycles. The van der Waals surface area contributed by atoms with Crippen molar-refractivity contribution >= 4 is 10.0 Å². The third-order valence-electron chi connectivity index (χ3n) is 4.04. The summed E-state index contributed by atoms with van der Waals surface area (Å²) in [6, 6.07) is 5.05. The van der Waals surface area contributed by atoms with E-state index in [1.807, 2.05) is 6.07 Å². The highest BCUT2D eigenvalue weighted by molar-refractivity contribution is 7.88. The van der Waals surface area contributed by atoms with E-state index in [0.717, 1.165) is 50.9 Å². The van der Waals surface area contributed by atoms with Gasteiger partial charge in [0.15, 0.2) is 11.6 Å². The van der Waals surface area contributed by atoms with Crippen molar-refractivity contribution in [3.05, 3.63) is 29.6 Å². The number of nitrogens with zero attached hydrogens (tertiary/aromatic N) is 1. The normalized spacial score (nSPS) is 19.7. The highest BCUT2D eigenvalue weighted by atomic mass is 32.2. The molecule has 1 unspecified atom stereocenters. The van der Waals surface area contributed by atoms with Crippen molar-refractivity contribution in [3.63, 3.8) is 0 Å². The van der Waals surface area contributed by atoms with Gasteiger partial charge in [-0.15, -0.1) is 0 Å². The quantitative estimate of drug-likeness (QED) is 0.819. The molecular weight excluding hydrogens is 319 g/mol. The fraction of sp³-hybridized carbons (Fsp3) is 0.625. The molecule has 1 saturated heterocycles. The predicted molar refractivity (Wildman–Crippen MR) is 88.7 cm³/mol. The van der Waals surface area contributed by atoms with Gasteiger partial charge in [0.2, 0.25) is 10.0 Å². The Morgan fingerprint density at radius 2 is 2.22 bits per heavy atom. The second-order valence-corrected chi connectivity index (χ2v) is 7.88. The number of ether oxygens (including phenoxy) is 1. The van der Waals surface area contributed by atoms with Crippen molar-refractivity contribution < 1.29 is 17.5 Å². The molecule has 0 amide bonds. The molecular formula is C16H25FN2O3S. The first-order valence-electron chi connectivity index (χ1n) is 7.89. The maximum absolute atomic E-state index is 13.6. The first-order valence-corrected chi connectivity index (χ1v) is 9.78. The number of halogens is 1. The summed E-state index contributed by atoms with van der Waals surface area (Å²) in [5.74, 6) is -0.0696. The number of aryl methyl sites for hydroxylation is 1. The van der Waals surface area contributed by atoms with Crippen LogP contribution in [-0.2, 0) is 16.4 Å². The first kappa shape index (κ1) is 18.2. The molecule has 1 aromatic carbocycles. The summed E-state index contributed by atoms with van der Waals surface area (Å²) in [5, 5.41) is 0. The molecule has 1 aliphatic rings. The fourth-order valence-electron chi connectivity index (χ4n) is 3.03. The van der Waals surface area contributed by atoms with Gasteiger partial charge >= 0.3 is 0 Å². The van der Waals surface area contributed by atoms with Gasteiger partial charge in [-0.25, -0.2) is 17.5 Å². The van der Waals surface area contributed by atoms with E-state index in [2.05, 4.69) is 9.62 Å². The van der Waals surface area contributed by atoms with Crippen LogP contribution in [0.15, 0.2) is 18.2 Å². The van der Waals surface area contributed by atoms with Gasteiger partial charge in [0.1, 0.15) is 0 Å². The minimum atomic E-state index is -3.15. The topological polar surface area (TPSA) is 58.6 Å². The van der Waals surface area contributed by atoms with Crippen molar-refractivity contribution in [3.8, 4) is 5.75 Å². The zero-order chi connectivity index (χ0) is 16.9. The van der Waals surface area contributed by atoms with E-state index in [9.17, 15) is 12.8 Å². The molecule has 1 N–H and O–H groups in total. The lowest BCUT2D eigenvalue weighted by Crippen LogP contribution is -2.47. The molecule has 130 valence electrons. The molecule has 1 fully saturated rings. The van der Waals surface area contributed by atoms with Crippen LogP contribution in [0.5, 0.6) is 5.75 Å². The Balaban J connectivity index is 1.78. The maximum Gasteiger partial charge on any atom is 0.208 e. The van der Waals surface area contributed by atoms with Crippen LogP contribution in [0, 0.1) is 5.82 Å². The van der Waals surface area contributed by atoms with Gasteiger partial charge in [-0.3, -0.25) is 0 Å². The van der Waals surface area contributed by atoms with Crippen LogP contribution in [-0.4, -0.2) is 52.4 Å². The fourth-order valence-corrected chi connectivity index (χ4v) is 3.83. The third-order valence-corrected chi connectivity index (χ3v) is 4.80. The van der Waals surface area contributed by atoms with Crippen LogP contribution >= 0.6 is 0 Å². The van der Waals surface area contributed by atoms with Gasteiger partial charge in [0.25, 0.3) is 0 Å². The maximum atomic E-state index is 13.6. The summed E-state index contributed by atoms with van der Waals surface area (Å²) in [6.45, 7) is 2.61. The molecule has 0 spiro atoms. The SMILES string of the molecule is COc1ccc(CCCN2CCCC(NS(C)(=O)=O)C2)cc1F. The summed E-state index contributed by atoms with van der Waals surface area (Å²) in [5.41, 5.74) is 0.950. The molecule has 23 heavy (non-hydrogen) atoms. The van der Waals surface area contributed by atoms with Crippen LogP contribution in [0.3, 0.4) is 0 Å². The highest BCUT2D eigenvalue weighted by Gasteiger charge is 2.21. The molecule has 0 radical (unpaired) electrons. The second-order valence-electron chi connectivity index (χ2n) is 6.10. The molecule has 1 aromatic rings. The third kappa shape index (κ3) is 6.08. The molecule has 0 aliphatic carbocycles. The van der Waals surface area contributed by atoms with Gasteiger partial charge in [0.05, 0.1) is 13.4 Å². The molecule has 1 atom stereocenters. The Labute approximate surface area is 137 Å². The number of sulfonamides is 1. The average molecular weight is 344 g/mol. The number of rotatable bonds is 7. The summed E-state index contributed by atoms with van der Waals surface area (Å²) in [6.07, 6.45) is 4.78. The summed E-state index contributed by atoms with van der Waals surface area (Å²) in [7, 11) is -1.70. The number of benzene rings is 1. The van der Waals surface area contributed by atoms with Crippen LogP contribution in [0.4, 0.5) is 4.39 Å². The van der Waals surface area contributed by atoms with Crippen LogP contribution in [0.2, 0.25) is 0 Å². The zero-order valence-electron chi connectivity index (χ0n) is 13.7. The van der Waals surface area contributed by atoms with Crippen LogP contribution < -0.4 is 9.46 Å². The Kier molecular flexibility index (Phi) is 6.38. The Morgan fingerprint density at radius 1 is 1.43 bits per heavy atom. The molecule has 7 heteroatoms. The number of methoxy groups -OCH3 is 1. The number of hydrogen-bond acceptors (Lipinski definition) is 4. The lowest BCUT2D eigenvalue weighted by atomic mass is 10.1. The van der Waals surface area contributed by atoms with Gasteiger partial charge in [-0.05, 0) is 56.5 Å². The van der Waals surface area contributed by atoms with Crippen LogP contribution in [0.25, 0.3) is 0 Å². The van der Waals surface area contributed by atoms with Gasteiger partial charge < -0.3 is 9.64 Å². The van der Waals surface area contributed by atoms with Gasteiger partial charge in [-0.1, -0.05) is 6.07 Å². The van der Waals surface area contributed by atoms with Gasteiger partial charge in [0, 0.05) is 12.6 Å².